The lowest BCUT2D eigenvalue weighted by Crippen LogP contribution is -2.41. The van der Waals surface area contributed by atoms with E-state index in [2.05, 4.69) is 0 Å². The van der Waals surface area contributed by atoms with Crippen molar-refractivity contribution in [2.24, 2.45) is 5.92 Å². The van der Waals surface area contributed by atoms with Crippen LogP contribution in [0.1, 0.15) is 54.9 Å². The molecular formula is C18H31BO6. The number of esters is 2. The van der Waals surface area contributed by atoms with E-state index in [-0.39, 0.29) is 32.6 Å². The zero-order chi connectivity index (χ0) is 19.3. The minimum Gasteiger partial charge on any atom is -0.465 e. The molecule has 7 heteroatoms. The first-order valence-electron chi connectivity index (χ1n) is 8.91. The Balaban J connectivity index is 2.69. The van der Waals surface area contributed by atoms with Gasteiger partial charge < -0.3 is 18.8 Å². The SMILES string of the molecule is CCOC(=O)C(C/C=C/C(C)B1OC(C)(C)C(C)(C)O1)C(=O)OCC. The van der Waals surface area contributed by atoms with E-state index in [4.69, 9.17) is 18.8 Å². The summed E-state index contributed by atoms with van der Waals surface area (Å²) in [6.07, 6.45) is 3.91. The van der Waals surface area contributed by atoms with Crippen molar-refractivity contribution in [3.8, 4) is 0 Å². The molecule has 0 N–H and O–H groups in total. The van der Waals surface area contributed by atoms with Gasteiger partial charge in [0.05, 0.1) is 24.4 Å². The van der Waals surface area contributed by atoms with Gasteiger partial charge in [-0.05, 0) is 48.0 Å². The lowest BCUT2D eigenvalue weighted by molar-refractivity contribution is -0.161. The monoisotopic (exact) mass is 354 g/mol. The van der Waals surface area contributed by atoms with Crippen LogP contribution in [-0.4, -0.2) is 43.5 Å². The lowest BCUT2D eigenvalue weighted by Gasteiger charge is -2.32. The smallest absolute Gasteiger partial charge is 0.464 e. The average molecular weight is 354 g/mol. The summed E-state index contributed by atoms with van der Waals surface area (Å²) in [5.41, 5.74) is -0.781. The summed E-state index contributed by atoms with van der Waals surface area (Å²) in [6.45, 7) is 13.8. The maximum absolute atomic E-state index is 12.0. The predicted octanol–water partition coefficient (Wildman–Crippen LogP) is 3.16. The number of rotatable bonds is 8. The van der Waals surface area contributed by atoms with Crippen molar-refractivity contribution < 1.29 is 28.4 Å². The molecule has 1 rings (SSSR count). The first kappa shape index (κ1) is 21.7. The molecule has 1 aliphatic heterocycles. The fourth-order valence-corrected chi connectivity index (χ4v) is 2.40. The molecule has 1 unspecified atom stereocenters. The molecule has 1 atom stereocenters. The first-order valence-corrected chi connectivity index (χ1v) is 8.91. The van der Waals surface area contributed by atoms with Crippen LogP contribution >= 0.6 is 0 Å². The summed E-state index contributed by atoms with van der Waals surface area (Å²) >= 11 is 0. The maximum Gasteiger partial charge on any atom is 0.464 e. The Morgan fingerprint density at radius 1 is 1.00 bits per heavy atom. The van der Waals surface area contributed by atoms with Crippen molar-refractivity contribution in [3.05, 3.63) is 12.2 Å². The number of hydrogen-bond acceptors (Lipinski definition) is 6. The molecule has 0 amide bonds. The van der Waals surface area contributed by atoms with Gasteiger partial charge in [0.15, 0.2) is 5.92 Å². The highest BCUT2D eigenvalue weighted by molar-refractivity contribution is 6.48. The molecule has 0 aromatic rings. The summed E-state index contributed by atoms with van der Waals surface area (Å²) in [7, 11) is -0.370. The van der Waals surface area contributed by atoms with Gasteiger partial charge >= 0.3 is 19.1 Å². The molecule has 0 aromatic carbocycles. The van der Waals surface area contributed by atoms with Crippen LogP contribution in [0.15, 0.2) is 12.2 Å². The summed E-state index contributed by atoms with van der Waals surface area (Å²) in [5.74, 6) is -2.09. The van der Waals surface area contributed by atoms with E-state index in [1.165, 1.54) is 0 Å². The van der Waals surface area contributed by atoms with Crippen LogP contribution in [0.5, 0.6) is 0 Å². The van der Waals surface area contributed by atoms with E-state index in [0.29, 0.717) is 0 Å². The van der Waals surface area contributed by atoms with Crippen molar-refractivity contribution in [3.63, 3.8) is 0 Å². The highest BCUT2D eigenvalue weighted by atomic mass is 16.7. The molecule has 0 radical (unpaired) electrons. The third kappa shape index (κ3) is 5.58. The fourth-order valence-electron chi connectivity index (χ4n) is 2.40. The number of allylic oxidation sites excluding steroid dienone is 2. The molecule has 0 spiro atoms. The Hall–Kier alpha value is -1.34. The molecule has 6 nitrogen and oxygen atoms in total. The average Bonchev–Trinajstić information content (AvgIpc) is 2.72. The molecule has 1 aliphatic rings. The number of ether oxygens (including phenoxy) is 2. The van der Waals surface area contributed by atoms with E-state index in [1.54, 1.807) is 19.9 Å². The molecule has 0 aliphatic carbocycles. The van der Waals surface area contributed by atoms with E-state index in [1.807, 2.05) is 40.7 Å². The van der Waals surface area contributed by atoms with Gasteiger partial charge in [0.1, 0.15) is 0 Å². The predicted molar refractivity (Wildman–Crippen MR) is 96.0 cm³/mol. The Morgan fingerprint density at radius 3 is 1.84 bits per heavy atom. The van der Waals surface area contributed by atoms with Crippen LogP contribution in [0.4, 0.5) is 0 Å². The van der Waals surface area contributed by atoms with Crippen LogP contribution in [0.2, 0.25) is 5.82 Å². The van der Waals surface area contributed by atoms with Gasteiger partial charge in [-0.1, -0.05) is 19.1 Å². The van der Waals surface area contributed by atoms with Gasteiger partial charge in [0, 0.05) is 5.82 Å². The second-order valence-electron chi connectivity index (χ2n) is 7.20. The van der Waals surface area contributed by atoms with Crippen LogP contribution < -0.4 is 0 Å². The number of carbonyl (C=O) groups excluding carboxylic acids is 2. The Kier molecular flexibility index (Phi) is 7.69. The standard InChI is InChI=1S/C18H31BO6/c1-8-22-15(20)14(16(21)23-9-2)12-10-11-13(3)19-24-17(4,5)18(6,7)25-19/h10-11,13-14H,8-9,12H2,1-7H3/b11-10+. The van der Waals surface area contributed by atoms with Gasteiger partial charge in [0.2, 0.25) is 0 Å². The minimum atomic E-state index is -0.943. The van der Waals surface area contributed by atoms with Crippen molar-refractivity contribution in [1.29, 1.82) is 0 Å². The Labute approximate surface area is 151 Å². The summed E-state index contributed by atoms with van der Waals surface area (Å²) < 4.78 is 21.9. The topological polar surface area (TPSA) is 71.1 Å². The lowest BCUT2D eigenvalue weighted by atomic mass is 9.73. The largest absolute Gasteiger partial charge is 0.465 e. The van der Waals surface area contributed by atoms with E-state index >= 15 is 0 Å². The third-order valence-electron chi connectivity index (χ3n) is 4.65. The van der Waals surface area contributed by atoms with Gasteiger partial charge in [0.25, 0.3) is 0 Å². The molecular weight excluding hydrogens is 323 g/mol. The summed E-state index contributed by atoms with van der Waals surface area (Å²) in [5, 5.41) is 0. The van der Waals surface area contributed by atoms with Crippen LogP contribution in [-0.2, 0) is 28.4 Å². The fraction of sp³-hybridized carbons (Fsp3) is 0.778. The molecule has 1 fully saturated rings. The highest BCUT2D eigenvalue weighted by Crippen LogP contribution is 2.40. The van der Waals surface area contributed by atoms with Crippen molar-refractivity contribution in [1.82, 2.24) is 0 Å². The zero-order valence-electron chi connectivity index (χ0n) is 16.5. The Morgan fingerprint density at radius 2 is 1.44 bits per heavy atom. The van der Waals surface area contributed by atoms with Gasteiger partial charge in [-0.2, -0.15) is 0 Å². The van der Waals surface area contributed by atoms with E-state index in [9.17, 15) is 9.59 Å². The van der Waals surface area contributed by atoms with Crippen LogP contribution in [0.3, 0.4) is 0 Å². The first-order chi connectivity index (χ1) is 11.6. The van der Waals surface area contributed by atoms with Gasteiger partial charge in [-0.3, -0.25) is 9.59 Å². The van der Waals surface area contributed by atoms with Crippen molar-refractivity contribution >= 4 is 19.1 Å². The van der Waals surface area contributed by atoms with Crippen LogP contribution in [0, 0.1) is 5.92 Å². The maximum atomic E-state index is 12.0. The second-order valence-corrected chi connectivity index (χ2v) is 7.20. The number of carbonyl (C=O) groups is 2. The molecule has 25 heavy (non-hydrogen) atoms. The molecule has 0 bridgehead atoms. The normalized spacial score (nSPS) is 20.1. The van der Waals surface area contributed by atoms with Crippen molar-refractivity contribution in [2.45, 2.75) is 71.9 Å². The van der Waals surface area contributed by atoms with E-state index in [0.717, 1.165) is 0 Å². The van der Waals surface area contributed by atoms with Gasteiger partial charge in [-0.15, -0.1) is 0 Å². The molecule has 142 valence electrons. The molecule has 0 saturated carbocycles. The van der Waals surface area contributed by atoms with E-state index < -0.39 is 29.1 Å². The summed E-state index contributed by atoms with van der Waals surface area (Å²) in [4.78, 5) is 23.9. The minimum absolute atomic E-state index is 0.0221. The van der Waals surface area contributed by atoms with Gasteiger partial charge in [-0.25, -0.2) is 0 Å². The molecule has 0 aromatic heterocycles. The second kappa shape index (κ2) is 8.85. The van der Waals surface area contributed by atoms with Crippen molar-refractivity contribution in [2.75, 3.05) is 13.2 Å². The molecule has 1 heterocycles. The Bertz CT molecular complexity index is 466. The quantitative estimate of drug-likeness (QED) is 0.289. The third-order valence-corrected chi connectivity index (χ3v) is 4.65. The molecule has 1 saturated heterocycles. The van der Waals surface area contributed by atoms with Crippen LogP contribution in [0.25, 0.3) is 0 Å². The number of hydrogen-bond donors (Lipinski definition) is 0. The summed E-state index contributed by atoms with van der Waals surface area (Å²) in [6, 6.07) is 0. The highest BCUT2D eigenvalue weighted by Gasteiger charge is 2.52. The zero-order valence-corrected chi connectivity index (χ0v) is 16.5.